The van der Waals surface area contributed by atoms with Gasteiger partial charge < -0.3 is 10.8 Å². The Balaban J connectivity index is 0.000000980. The van der Waals surface area contributed by atoms with Crippen molar-refractivity contribution in [1.82, 2.24) is 4.90 Å². The van der Waals surface area contributed by atoms with Crippen molar-refractivity contribution in [2.45, 2.75) is 52.5 Å². The molecule has 0 aromatic heterocycles. The molecule has 14 heavy (non-hydrogen) atoms. The maximum absolute atomic E-state index is 2.63. The second-order valence-electron chi connectivity index (χ2n) is 5.45. The third kappa shape index (κ3) is 2.75. The minimum Gasteiger partial charge on any atom is -0.330 e. The van der Waals surface area contributed by atoms with E-state index in [1.54, 1.807) is 5.92 Å². The molecular weight excluding hydrogens is 210 g/mol. The fourth-order valence-electron chi connectivity index (χ4n) is 2.64. The molecule has 1 spiro atoms. The summed E-state index contributed by atoms with van der Waals surface area (Å²) in [5, 5.41) is 0. The van der Waals surface area contributed by atoms with E-state index in [0.717, 1.165) is 11.5 Å². The van der Waals surface area contributed by atoms with Crippen LogP contribution in [0, 0.1) is 11.3 Å². The normalized spacial score (nSPS) is 27.4. The standard InChI is InChI=1S/C12H22N.Cr/c1-10(2)13-7-6-12(4-5-12)8-11(3)9-13;/h10H,4-9H2,1-3H3;/q-1;. The number of nitrogens with zero attached hydrogens (tertiary/aromatic N) is 1. The Morgan fingerprint density at radius 2 is 1.86 bits per heavy atom. The van der Waals surface area contributed by atoms with Gasteiger partial charge in [-0.05, 0) is 39.7 Å². The Morgan fingerprint density at radius 1 is 1.21 bits per heavy atom. The van der Waals surface area contributed by atoms with Crippen LogP contribution in [-0.4, -0.2) is 24.0 Å². The SMILES string of the molecule is C[C-]1CN(C(C)C)CCC2(CC2)C1.[Cr]. The van der Waals surface area contributed by atoms with Crippen LogP contribution in [0.15, 0.2) is 0 Å². The van der Waals surface area contributed by atoms with Gasteiger partial charge in [-0.1, -0.05) is 5.41 Å². The van der Waals surface area contributed by atoms with Crippen LogP contribution in [0.4, 0.5) is 0 Å². The van der Waals surface area contributed by atoms with Crippen LogP contribution in [0.1, 0.15) is 46.5 Å². The van der Waals surface area contributed by atoms with E-state index in [9.17, 15) is 0 Å². The van der Waals surface area contributed by atoms with Gasteiger partial charge in [-0.2, -0.15) is 13.3 Å². The summed E-state index contributed by atoms with van der Waals surface area (Å²) in [5.41, 5.74) is 0.772. The molecule has 0 radical (unpaired) electrons. The van der Waals surface area contributed by atoms with Gasteiger partial charge in [-0.15, -0.1) is 6.54 Å². The van der Waals surface area contributed by atoms with Crippen LogP contribution in [0.5, 0.6) is 0 Å². The van der Waals surface area contributed by atoms with E-state index < -0.39 is 0 Å². The monoisotopic (exact) mass is 232 g/mol. The molecule has 0 bridgehead atoms. The van der Waals surface area contributed by atoms with Crippen molar-refractivity contribution in [1.29, 1.82) is 0 Å². The van der Waals surface area contributed by atoms with Gasteiger partial charge in [-0.25, -0.2) is 0 Å². The smallest absolute Gasteiger partial charge is 0.00102 e. The number of rotatable bonds is 1. The van der Waals surface area contributed by atoms with E-state index in [-0.39, 0.29) is 17.4 Å². The van der Waals surface area contributed by atoms with Crippen molar-refractivity contribution in [2.75, 3.05) is 13.1 Å². The summed E-state index contributed by atoms with van der Waals surface area (Å²) >= 11 is 0. The molecule has 2 fully saturated rings. The van der Waals surface area contributed by atoms with Gasteiger partial charge in [0, 0.05) is 23.4 Å². The molecule has 2 heteroatoms. The fraction of sp³-hybridized carbons (Fsp3) is 0.917. The van der Waals surface area contributed by atoms with Gasteiger partial charge in [0.05, 0.1) is 0 Å². The fourth-order valence-corrected chi connectivity index (χ4v) is 2.64. The minimum atomic E-state index is 0. The number of hydrogen-bond acceptors (Lipinski definition) is 1. The van der Waals surface area contributed by atoms with E-state index in [1.165, 1.54) is 38.8 Å². The number of likely N-dealkylation sites (tertiary alicyclic amines) is 1. The van der Waals surface area contributed by atoms with Gasteiger partial charge in [0.2, 0.25) is 0 Å². The average molecular weight is 232 g/mol. The third-order valence-corrected chi connectivity index (χ3v) is 3.77. The maximum Gasteiger partial charge on any atom is 0.00102 e. The van der Waals surface area contributed by atoms with E-state index in [0.29, 0.717) is 0 Å². The van der Waals surface area contributed by atoms with Crippen molar-refractivity contribution in [2.24, 2.45) is 5.41 Å². The van der Waals surface area contributed by atoms with E-state index in [4.69, 9.17) is 0 Å². The van der Waals surface area contributed by atoms with Gasteiger partial charge in [-0.3, -0.25) is 0 Å². The summed E-state index contributed by atoms with van der Waals surface area (Å²) in [6, 6.07) is 0.726. The van der Waals surface area contributed by atoms with Crippen molar-refractivity contribution < 1.29 is 17.4 Å². The molecule has 1 nitrogen and oxygen atoms in total. The zero-order valence-electron chi connectivity index (χ0n) is 9.68. The summed E-state index contributed by atoms with van der Waals surface area (Å²) < 4.78 is 0. The molecule has 1 saturated carbocycles. The van der Waals surface area contributed by atoms with Crippen molar-refractivity contribution in [3.8, 4) is 0 Å². The first-order valence-corrected chi connectivity index (χ1v) is 5.67. The Labute approximate surface area is 99.4 Å². The van der Waals surface area contributed by atoms with E-state index in [1.807, 2.05) is 0 Å². The molecule has 1 aliphatic carbocycles. The molecule has 1 aliphatic heterocycles. The van der Waals surface area contributed by atoms with Crippen LogP contribution in [0.2, 0.25) is 0 Å². The summed E-state index contributed by atoms with van der Waals surface area (Å²) in [5.74, 6) is 1.71. The molecule has 82 valence electrons. The molecule has 0 aromatic carbocycles. The van der Waals surface area contributed by atoms with Gasteiger partial charge in [0.25, 0.3) is 0 Å². The molecule has 0 amide bonds. The summed E-state index contributed by atoms with van der Waals surface area (Å²) in [4.78, 5) is 2.63. The predicted molar refractivity (Wildman–Crippen MR) is 56.5 cm³/mol. The summed E-state index contributed by atoms with van der Waals surface area (Å²) in [6.07, 6.45) is 5.85. The second kappa shape index (κ2) is 4.56. The summed E-state index contributed by atoms with van der Waals surface area (Å²) in [6.45, 7) is 9.56. The first-order chi connectivity index (χ1) is 6.11. The van der Waals surface area contributed by atoms with Crippen LogP contribution in [0.25, 0.3) is 0 Å². The van der Waals surface area contributed by atoms with Crippen LogP contribution < -0.4 is 0 Å². The van der Waals surface area contributed by atoms with Crippen molar-refractivity contribution in [3.63, 3.8) is 0 Å². The Hall–Kier alpha value is 0.492. The molecule has 1 saturated heterocycles. The van der Waals surface area contributed by atoms with Crippen LogP contribution >= 0.6 is 0 Å². The Morgan fingerprint density at radius 3 is 2.36 bits per heavy atom. The zero-order valence-corrected chi connectivity index (χ0v) is 11.0. The van der Waals surface area contributed by atoms with Crippen molar-refractivity contribution in [3.05, 3.63) is 5.92 Å². The van der Waals surface area contributed by atoms with Crippen molar-refractivity contribution >= 4 is 0 Å². The van der Waals surface area contributed by atoms with E-state index >= 15 is 0 Å². The largest absolute Gasteiger partial charge is 0.330 e. The minimum absolute atomic E-state index is 0. The molecule has 1 heterocycles. The van der Waals surface area contributed by atoms with Gasteiger partial charge >= 0.3 is 0 Å². The summed E-state index contributed by atoms with van der Waals surface area (Å²) in [7, 11) is 0. The molecule has 2 aliphatic rings. The number of hydrogen-bond donors (Lipinski definition) is 0. The third-order valence-electron chi connectivity index (χ3n) is 3.77. The quantitative estimate of drug-likeness (QED) is 0.628. The molecule has 0 unspecified atom stereocenters. The molecule has 0 atom stereocenters. The molecule has 2 rings (SSSR count). The van der Waals surface area contributed by atoms with E-state index in [2.05, 4.69) is 25.7 Å². The van der Waals surface area contributed by atoms with Crippen LogP contribution in [0.3, 0.4) is 0 Å². The predicted octanol–water partition coefficient (Wildman–Crippen LogP) is 2.86. The molecule has 0 aromatic rings. The van der Waals surface area contributed by atoms with Gasteiger partial charge in [0.15, 0.2) is 0 Å². The van der Waals surface area contributed by atoms with Crippen LogP contribution in [-0.2, 0) is 17.4 Å². The Kier molecular flexibility index (Phi) is 4.09. The first-order valence-electron chi connectivity index (χ1n) is 5.67. The zero-order chi connectivity index (χ0) is 9.47. The molecular formula is C12H22CrN-. The second-order valence-corrected chi connectivity index (χ2v) is 5.45. The first kappa shape index (κ1) is 12.6. The maximum atomic E-state index is 2.63. The molecule has 0 N–H and O–H groups in total. The Bertz CT molecular complexity index is 187. The van der Waals surface area contributed by atoms with Gasteiger partial charge in [0.1, 0.15) is 0 Å². The average Bonchev–Trinajstić information content (AvgIpc) is 2.80. The topological polar surface area (TPSA) is 3.24 Å².